The average molecular weight is 479 g/mol. The van der Waals surface area contributed by atoms with Gasteiger partial charge in [0, 0.05) is 12.1 Å². The van der Waals surface area contributed by atoms with Gasteiger partial charge < -0.3 is 9.47 Å². The van der Waals surface area contributed by atoms with Crippen molar-refractivity contribution in [2.45, 2.75) is 6.61 Å². The van der Waals surface area contributed by atoms with Crippen molar-refractivity contribution in [3.63, 3.8) is 0 Å². The molecule has 1 amide bonds. The molecule has 1 saturated heterocycles. The van der Waals surface area contributed by atoms with Crippen LogP contribution in [0.2, 0.25) is 0 Å². The first-order valence-corrected chi connectivity index (χ1v) is 11.1. The normalized spacial score (nSPS) is 14.6. The summed E-state index contributed by atoms with van der Waals surface area (Å²) in [6, 6.07) is 20.7. The minimum atomic E-state index is -0.436. The van der Waals surface area contributed by atoms with E-state index in [1.54, 1.807) is 61.7 Å². The second-order valence-corrected chi connectivity index (χ2v) is 8.67. The Bertz CT molecular complexity index is 1220. The number of carbonyl (C=O) groups excluding carboxylic acids is 1. The number of hydrogen-bond acceptors (Lipinski definition) is 7. The van der Waals surface area contributed by atoms with Gasteiger partial charge >= 0.3 is 0 Å². The first-order valence-electron chi connectivity index (χ1n) is 9.83. The summed E-state index contributed by atoms with van der Waals surface area (Å²) in [5, 5.41) is 10.7. The predicted octanol–water partition coefficient (Wildman–Crippen LogP) is 5.59. The monoisotopic (exact) mass is 478 g/mol. The predicted molar refractivity (Wildman–Crippen MR) is 133 cm³/mol. The molecule has 166 valence electrons. The van der Waals surface area contributed by atoms with Gasteiger partial charge in [-0.2, -0.15) is 0 Å². The standard InChI is InChI=1S/C24H18N2O5S2/c1-30-20-12-8-18(9-13-20)25-23(27)22(33-24(25)32)14-16-4-10-21(11-5-16)31-15-17-2-6-19(7-3-17)26(28)29/h2-14H,15H2,1H3/b22-14-. The van der Waals surface area contributed by atoms with Crippen LogP contribution in [0.25, 0.3) is 6.08 Å². The molecule has 7 nitrogen and oxygen atoms in total. The molecular formula is C24H18N2O5S2. The number of benzene rings is 3. The zero-order chi connectivity index (χ0) is 23.4. The lowest BCUT2D eigenvalue weighted by Gasteiger charge is -2.14. The highest BCUT2D eigenvalue weighted by molar-refractivity contribution is 8.27. The highest BCUT2D eigenvalue weighted by atomic mass is 32.2. The number of amides is 1. The smallest absolute Gasteiger partial charge is 0.270 e. The van der Waals surface area contributed by atoms with Crippen molar-refractivity contribution in [2.75, 3.05) is 12.0 Å². The Morgan fingerprint density at radius 1 is 1.00 bits per heavy atom. The summed E-state index contributed by atoms with van der Waals surface area (Å²) >= 11 is 6.67. The Labute approximate surface area is 199 Å². The highest BCUT2D eigenvalue weighted by Gasteiger charge is 2.33. The molecule has 4 rings (SSSR count). The average Bonchev–Trinajstić information content (AvgIpc) is 3.11. The number of hydrogen-bond donors (Lipinski definition) is 0. The van der Waals surface area contributed by atoms with Crippen LogP contribution >= 0.6 is 24.0 Å². The maximum atomic E-state index is 12.9. The highest BCUT2D eigenvalue weighted by Crippen LogP contribution is 2.36. The Balaban J connectivity index is 1.41. The Hall–Kier alpha value is -3.69. The van der Waals surface area contributed by atoms with Gasteiger partial charge in [-0.1, -0.05) is 36.1 Å². The van der Waals surface area contributed by atoms with Crippen molar-refractivity contribution in [2.24, 2.45) is 0 Å². The SMILES string of the molecule is COc1ccc(N2C(=O)/C(=C/c3ccc(OCc4ccc([N+](=O)[O-])cc4)cc3)SC2=S)cc1. The van der Waals surface area contributed by atoms with Crippen LogP contribution < -0.4 is 14.4 Å². The number of nitro groups is 1. The molecule has 1 aliphatic heterocycles. The van der Waals surface area contributed by atoms with E-state index < -0.39 is 4.92 Å². The number of carbonyl (C=O) groups is 1. The number of thiocarbonyl (C=S) groups is 1. The topological polar surface area (TPSA) is 81.9 Å². The summed E-state index contributed by atoms with van der Waals surface area (Å²) in [4.78, 5) is 25.3. The zero-order valence-corrected chi connectivity index (χ0v) is 19.1. The van der Waals surface area contributed by atoms with E-state index in [0.717, 1.165) is 11.1 Å². The second-order valence-electron chi connectivity index (χ2n) is 7.00. The molecule has 0 bridgehead atoms. The van der Waals surface area contributed by atoms with Gasteiger partial charge in [0.1, 0.15) is 18.1 Å². The van der Waals surface area contributed by atoms with Crippen LogP contribution in [0.4, 0.5) is 11.4 Å². The van der Waals surface area contributed by atoms with Crippen LogP contribution in [0.3, 0.4) is 0 Å². The molecule has 9 heteroatoms. The summed E-state index contributed by atoms with van der Waals surface area (Å²) in [6.45, 7) is 0.290. The lowest BCUT2D eigenvalue weighted by molar-refractivity contribution is -0.384. The molecular weight excluding hydrogens is 460 g/mol. The van der Waals surface area contributed by atoms with Gasteiger partial charge in [0.15, 0.2) is 4.32 Å². The Kier molecular flexibility index (Phi) is 6.71. The molecule has 0 saturated carbocycles. The largest absolute Gasteiger partial charge is 0.497 e. The molecule has 0 N–H and O–H groups in total. The molecule has 0 radical (unpaired) electrons. The van der Waals surface area contributed by atoms with Gasteiger partial charge in [-0.25, -0.2) is 0 Å². The molecule has 1 fully saturated rings. The van der Waals surface area contributed by atoms with E-state index in [-0.39, 0.29) is 18.2 Å². The van der Waals surface area contributed by atoms with Crippen molar-refractivity contribution in [3.8, 4) is 11.5 Å². The lowest BCUT2D eigenvalue weighted by atomic mass is 10.2. The van der Waals surface area contributed by atoms with E-state index in [1.165, 1.54) is 28.8 Å². The van der Waals surface area contributed by atoms with Crippen molar-refractivity contribution < 1.29 is 19.2 Å². The number of nitrogens with zero attached hydrogens (tertiary/aromatic N) is 2. The van der Waals surface area contributed by atoms with Crippen LogP contribution in [0.1, 0.15) is 11.1 Å². The van der Waals surface area contributed by atoms with Crippen molar-refractivity contribution in [3.05, 3.63) is 98.9 Å². The van der Waals surface area contributed by atoms with Crippen LogP contribution in [0.5, 0.6) is 11.5 Å². The van der Waals surface area contributed by atoms with E-state index in [1.807, 2.05) is 12.1 Å². The number of anilines is 1. The fourth-order valence-corrected chi connectivity index (χ4v) is 4.41. The Morgan fingerprint density at radius 3 is 2.24 bits per heavy atom. The third-order valence-electron chi connectivity index (χ3n) is 4.85. The van der Waals surface area contributed by atoms with Crippen molar-refractivity contribution in [1.82, 2.24) is 0 Å². The summed E-state index contributed by atoms with van der Waals surface area (Å²) in [5.41, 5.74) is 2.40. The second kappa shape index (κ2) is 9.85. The van der Waals surface area contributed by atoms with Crippen LogP contribution in [-0.2, 0) is 11.4 Å². The number of ether oxygens (including phenoxy) is 2. The molecule has 0 atom stereocenters. The molecule has 0 spiro atoms. The zero-order valence-electron chi connectivity index (χ0n) is 17.5. The van der Waals surface area contributed by atoms with Crippen LogP contribution in [0.15, 0.2) is 77.7 Å². The van der Waals surface area contributed by atoms with E-state index in [0.29, 0.717) is 26.4 Å². The quantitative estimate of drug-likeness (QED) is 0.190. The molecule has 3 aromatic rings. The first kappa shape index (κ1) is 22.5. The van der Waals surface area contributed by atoms with Gasteiger partial charge in [-0.15, -0.1) is 0 Å². The fourth-order valence-electron chi connectivity index (χ4n) is 3.11. The molecule has 0 aliphatic carbocycles. The van der Waals surface area contributed by atoms with Gasteiger partial charge in [0.2, 0.25) is 0 Å². The van der Waals surface area contributed by atoms with Gasteiger partial charge in [-0.3, -0.25) is 19.8 Å². The minimum Gasteiger partial charge on any atom is -0.497 e. The number of rotatable bonds is 7. The maximum Gasteiger partial charge on any atom is 0.270 e. The van der Waals surface area contributed by atoms with E-state index >= 15 is 0 Å². The van der Waals surface area contributed by atoms with E-state index in [9.17, 15) is 14.9 Å². The number of methoxy groups -OCH3 is 1. The Morgan fingerprint density at radius 2 is 1.64 bits per heavy atom. The van der Waals surface area contributed by atoms with Gasteiger partial charge in [0.05, 0.1) is 22.6 Å². The summed E-state index contributed by atoms with van der Waals surface area (Å²) < 4.78 is 11.4. The third-order valence-corrected chi connectivity index (χ3v) is 6.16. The van der Waals surface area contributed by atoms with Crippen molar-refractivity contribution in [1.29, 1.82) is 0 Å². The molecule has 33 heavy (non-hydrogen) atoms. The molecule has 3 aromatic carbocycles. The van der Waals surface area contributed by atoms with Gasteiger partial charge in [-0.05, 0) is 65.7 Å². The lowest BCUT2D eigenvalue weighted by Crippen LogP contribution is -2.27. The van der Waals surface area contributed by atoms with Crippen molar-refractivity contribution >= 4 is 51.7 Å². The summed E-state index contributed by atoms with van der Waals surface area (Å²) in [7, 11) is 1.59. The molecule has 1 aliphatic rings. The summed E-state index contributed by atoms with van der Waals surface area (Å²) in [6.07, 6.45) is 1.79. The maximum absolute atomic E-state index is 12.9. The summed E-state index contributed by atoms with van der Waals surface area (Å²) in [5.74, 6) is 1.18. The first-order chi connectivity index (χ1) is 15.9. The molecule has 0 unspecified atom stereocenters. The van der Waals surface area contributed by atoms with E-state index in [2.05, 4.69) is 0 Å². The number of thioether (sulfide) groups is 1. The number of nitro benzene ring substituents is 1. The molecule has 0 aromatic heterocycles. The molecule has 1 heterocycles. The van der Waals surface area contributed by atoms with Crippen LogP contribution in [-0.4, -0.2) is 22.3 Å². The third kappa shape index (κ3) is 5.21. The minimum absolute atomic E-state index is 0.0421. The van der Waals surface area contributed by atoms with Gasteiger partial charge in [0.25, 0.3) is 11.6 Å². The van der Waals surface area contributed by atoms with E-state index in [4.69, 9.17) is 21.7 Å². The number of non-ortho nitro benzene ring substituents is 1. The van der Waals surface area contributed by atoms with Crippen LogP contribution in [0, 0.1) is 10.1 Å². The fraction of sp³-hybridized carbons (Fsp3) is 0.0833.